The predicted molar refractivity (Wildman–Crippen MR) is 494 cm³/mol. The highest BCUT2D eigenvalue weighted by Crippen LogP contribution is 2.25. The average Bonchev–Trinajstić information content (AvgIpc) is 1.70. The number of imidazole rings is 1. The number of aromatic nitrogens is 2. The van der Waals surface area contributed by atoms with Crippen LogP contribution in [0.5, 0.6) is 0 Å². The number of nitrogens with zero attached hydrogens (tertiary/aromatic N) is 4. The minimum Gasteiger partial charge on any atom is -0.480 e. The third kappa shape index (κ3) is 37.7. The van der Waals surface area contributed by atoms with E-state index in [4.69, 9.17) is 56.0 Å². The summed E-state index contributed by atoms with van der Waals surface area (Å²) in [6, 6.07) is -1.57. The monoisotopic (exact) mass is 1880 g/mol. The molecule has 0 aliphatic carbocycles. The van der Waals surface area contributed by atoms with Crippen LogP contribution >= 0.6 is 11.8 Å². The minimum atomic E-state index is -1.83. The van der Waals surface area contributed by atoms with Gasteiger partial charge in [-0.1, -0.05) is 74.5 Å². The molecule has 1 aromatic heterocycles. The Balaban J connectivity index is 1.15. The predicted octanol–water partition coefficient (Wildman–Crippen LogP) is -6.24. The van der Waals surface area contributed by atoms with Gasteiger partial charge in [0.25, 0.3) is 0 Å². The van der Waals surface area contributed by atoms with Gasteiger partial charge in [-0.3, -0.25) is 88.8 Å². The lowest BCUT2D eigenvalue weighted by molar-refractivity contribution is -0.145. The number of hydrogen-bond acceptors (Lipinski definition) is 24. The van der Waals surface area contributed by atoms with Crippen LogP contribution in [0.1, 0.15) is 153 Å². The number of likely N-dealkylation sites (tertiary alicyclic amines) is 3. The molecule has 4 heterocycles. The Morgan fingerprint density at radius 1 is 0.451 bits per heavy atom. The first-order valence-electron chi connectivity index (χ1n) is 44.9. The van der Waals surface area contributed by atoms with Gasteiger partial charge in [-0.25, -0.2) is 9.78 Å². The summed E-state index contributed by atoms with van der Waals surface area (Å²) in [6.07, 6.45) is 6.77. The Labute approximate surface area is 776 Å². The highest BCUT2D eigenvalue weighted by Gasteiger charge is 2.44. The molecule has 14 atom stereocenters. The zero-order valence-corrected chi connectivity index (χ0v) is 76.4. The van der Waals surface area contributed by atoms with Crippen molar-refractivity contribution in [2.75, 3.05) is 77.5 Å². The first kappa shape index (κ1) is 109. The fourth-order valence-corrected chi connectivity index (χ4v) is 16.1. The van der Waals surface area contributed by atoms with Crippen LogP contribution in [0.15, 0.2) is 73.2 Å². The standard InChI is InChI=1S/C85H136N30O17S/c1-49(2)41-59(108-71(121)56(26-14-35-99-84(92)93)105-77(127)65-29-17-38-114(65)79(129)57(27-15-36-100-85(94)95)106-73(123)60(42-50-19-6-4-7-20-50)109-70(120)55(25-13-34-98-83(90)91)103-68(118)53(87)23-12-33-97-82(88)89)72(122)112-63(47-116)75(125)110-61(44-52-45-96-48-102-52)74(124)104-54(24-10-11-32-86)69(119)101-46-67(117)113-37-16-28-64(113)76(126)107-58(31-40-133-3)80(130)115-39-18-30-66(115)78(128)111-62(81(131)132)43-51-21-8-5-9-22-51/h4-9,19-22,45,48-49,53-66,116H,10-18,23-44,46-47,86-87H2,1-3H3,(H,96,102)(H,101,119)(H,103,118)(H,104,124)(H,105,127)(H,106,123)(H,107,126)(H,108,121)(H,109,120)(H,110,125)(H,111,128)(H,112,122)(H,131,132)(H4,88,89,97)(H4,90,91,98)(H4,92,93,99)(H4,94,95,100)/t53-,54-,55-,56-,57-,58-,59-,60-,61-,62-,63-,64-,65-,66-/m0/s1. The molecule has 734 valence electrons. The van der Waals surface area contributed by atoms with Gasteiger partial charge in [0.15, 0.2) is 23.8 Å². The van der Waals surface area contributed by atoms with Crippen molar-refractivity contribution in [1.82, 2.24) is 104 Å². The van der Waals surface area contributed by atoms with E-state index < -0.39 is 192 Å². The number of carboxylic acids is 1. The number of nitrogens with two attached hydrogens (primary N) is 6. The molecule has 6 rings (SSSR count). The van der Waals surface area contributed by atoms with Crippen LogP contribution in [0.2, 0.25) is 0 Å². The van der Waals surface area contributed by atoms with E-state index in [9.17, 15) is 77.3 Å². The van der Waals surface area contributed by atoms with Gasteiger partial charge in [0.2, 0.25) is 82.7 Å². The number of aliphatic carboxylic acids is 1. The quantitative estimate of drug-likeness (QED) is 0.0142. The molecule has 0 radical (unpaired) electrons. The maximum absolute atomic E-state index is 15.2. The third-order valence-corrected chi connectivity index (χ3v) is 23.2. The third-order valence-electron chi connectivity index (χ3n) is 22.5. The summed E-state index contributed by atoms with van der Waals surface area (Å²) in [5.74, 6) is -13.9. The van der Waals surface area contributed by atoms with Crippen LogP contribution in [-0.2, 0) is 91.2 Å². The van der Waals surface area contributed by atoms with Crippen molar-refractivity contribution >= 4 is 124 Å². The van der Waals surface area contributed by atoms with E-state index in [-0.39, 0.29) is 192 Å². The molecule has 0 bridgehead atoms. The highest BCUT2D eigenvalue weighted by atomic mass is 32.2. The number of guanidine groups is 4. The van der Waals surface area contributed by atoms with E-state index in [0.29, 0.717) is 48.3 Å². The van der Waals surface area contributed by atoms with Gasteiger partial charge in [-0.2, -0.15) is 11.8 Å². The molecule has 48 heteroatoms. The van der Waals surface area contributed by atoms with Crippen molar-refractivity contribution in [3.05, 3.63) is 90.0 Å². The second-order valence-electron chi connectivity index (χ2n) is 33.4. The number of rotatable bonds is 58. The van der Waals surface area contributed by atoms with Crippen molar-refractivity contribution in [3.63, 3.8) is 0 Å². The molecule has 14 amide bonds. The molecular weight excluding hydrogens is 1750 g/mol. The first-order valence-corrected chi connectivity index (χ1v) is 46.3. The maximum Gasteiger partial charge on any atom is 0.326 e. The smallest absolute Gasteiger partial charge is 0.326 e. The van der Waals surface area contributed by atoms with Crippen LogP contribution < -0.4 is 114 Å². The highest BCUT2D eigenvalue weighted by molar-refractivity contribution is 7.98. The van der Waals surface area contributed by atoms with Gasteiger partial charge in [-0.15, -0.1) is 0 Å². The Kier molecular flexibility index (Phi) is 46.9. The Bertz CT molecular complexity index is 4390. The van der Waals surface area contributed by atoms with E-state index in [0.717, 1.165) is 0 Å². The van der Waals surface area contributed by atoms with Gasteiger partial charge >= 0.3 is 5.97 Å². The van der Waals surface area contributed by atoms with Gasteiger partial charge < -0.3 is 144 Å². The second-order valence-corrected chi connectivity index (χ2v) is 34.4. The lowest BCUT2D eigenvalue weighted by Gasteiger charge is -2.31. The first-order chi connectivity index (χ1) is 63.5. The lowest BCUT2D eigenvalue weighted by atomic mass is 10.0. The van der Waals surface area contributed by atoms with E-state index in [1.54, 1.807) is 74.5 Å². The molecular formula is C85H136N30O17S. The topological polar surface area (TPSA) is 767 Å². The van der Waals surface area contributed by atoms with Gasteiger partial charge in [0, 0.05) is 77.0 Å². The van der Waals surface area contributed by atoms with Crippen molar-refractivity contribution < 1.29 is 82.1 Å². The fraction of sp³-hybridized carbons (Fsp3) is 0.600. The number of carbonyl (C=O) groups is 15. The average molecular weight is 1880 g/mol. The molecule has 2 aromatic carbocycles. The molecule has 34 N–H and O–H groups in total. The Morgan fingerprint density at radius 3 is 1.29 bits per heavy atom. The summed E-state index contributed by atoms with van der Waals surface area (Å²) < 4.78 is 0. The van der Waals surface area contributed by atoms with E-state index in [2.05, 4.69) is 89.7 Å². The molecule has 3 fully saturated rings. The van der Waals surface area contributed by atoms with Crippen LogP contribution in [0.3, 0.4) is 0 Å². The summed E-state index contributed by atoms with van der Waals surface area (Å²) in [5.41, 5.74) is 35.8. The number of carboxylic acid groups (broad SMARTS) is 1. The molecule has 0 saturated carbocycles. The number of thioether (sulfide) groups is 1. The second kappa shape index (κ2) is 57.3. The van der Waals surface area contributed by atoms with Crippen LogP contribution in [-0.4, -0.2) is 309 Å². The van der Waals surface area contributed by atoms with Crippen molar-refractivity contribution in [1.29, 1.82) is 21.6 Å². The number of aliphatic hydroxyl groups is 1. The minimum absolute atomic E-state index is 0.00303. The molecule has 3 aliphatic heterocycles. The van der Waals surface area contributed by atoms with Crippen molar-refractivity contribution in [2.24, 2.45) is 40.3 Å². The SMILES string of the molecule is CSCC[C@H](NC(=O)[C@@H]1CCCN1C(=O)CNC(=O)[C@H](CCCCN)NC(=O)[C@H](Cc1cnc[nH]1)NC(=O)[C@H](CO)NC(=O)[C@H](CC(C)C)NC(=O)[C@H](CCCNC(=N)N)NC(=O)[C@@H]1CCCN1C(=O)[C@H](CCCNC(=N)N)NC(=O)[C@H](Cc1ccccc1)NC(=O)[C@H](CCCNC(=N)N)NC(=O)[C@@H](N)CCCNC(=N)N)C(=O)N1CCC[C@H]1C(=O)N[C@@H](Cc1ccccc1)C(=O)O. The van der Waals surface area contributed by atoms with Gasteiger partial charge in [0.05, 0.1) is 25.5 Å². The Hall–Kier alpha value is -13.0. The molecule has 133 heavy (non-hydrogen) atoms. The maximum atomic E-state index is 15.2. The number of aliphatic hydroxyl groups excluding tert-OH is 1. The summed E-state index contributed by atoms with van der Waals surface area (Å²) in [7, 11) is 0. The number of benzene rings is 2. The van der Waals surface area contributed by atoms with Crippen LogP contribution in [0, 0.1) is 27.6 Å². The number of carbonyl (C=O) groups excluding carboxylic acids is 14. The molecule has 0 spiro atoms. The van der Waals surface area contributed by atoms with Crippen LogP contribution in [0.4, 0.5) is 0 Å². The number of amides is 14. The van der Waals surface area contributed by atoms with Gasteiger partial charge in [-0.05, 0) is 158 Å². The van der Waals surface area contributed by atoms with Crippen LogP contribution in [0.25, 0.3) is 0 Å². The normalized spacial score (nSPS) is 17.0. The summed E-state index contributed by atoms with van der Waals surface area (Å²) in [5, 5.41) is 91.4. The van der Waals surface area contributed by atoms with Gasteiger partial charge in [0.1, 0.15) is 78.5 Å². The summed E-state index contributed by atoms with van der Waals surface area (Å²) in [6.45, 7) is 2.56. The summed E-state index contributed by atoms with van der Waals surface area (Å²) >= 11 is 1.41. The summed E-state index contributed by atoms with van der Waals surface area (Å²) in [4.78, 5) is 226. The van der Waals surface area contributed by atoms with E-state index in [1.807, 2.05) is 6.26 Å². The van der Waals surface area contributed by atoms with E-state index >= 15 is 4.79 Å². The molecule has 3 saturated heterocycles. The van der Waals surface area contributed by atoms with E-state index in [1.165, 1.54) is 39.0 Å². The molecule has 0 unspecified atom stereocenters. The zero-order chi connectivity index (χ0) is 97.6. The number of hydrogen-bond donors (Lipinski definition) is 28. The molecule has 3 aromatic rings. The number of H-pyrrole nitrogens is 1. The number of unbranched alkanes of at least 4 members (excludes halogenated alkanes) is 1. The number of nitrogens with one attached hydrogen (secondary N) is 20. The molecule has 3 aliphatic rings. The fourth-order valence-electron chi connectivity index (χ4n) is 15.6. The largest absolute Gasteiger partial charge is 0.480 e. The zero-order valence-electron chi connectivity index (χ0n) is 75.6. The van der Waals surface area contributed by atoms with Crippen molar-refractivity contribution in [3.8, 4) is 0 Å². The van der Waals surface area contributed by atoms with Crippen molar-refractivity contribution in [2.45, 2.75) is 240 Å². The molecule has 47 nitrogen and oxygen atoms in total. The Morgan fingerprint density at radius 2 is 0.827 bits per heavy atom. The lowest BCUT2D eigenvalue weighted by Crippen LogP contribution is -2.61. The number of aromatic amines is 1.